The molecular weight excluding hydrogens is 166 g/mol. The van der Waals surface area contributed by atoms with Gasteiger partial charge in [0.05, 0.1) is 6.54 Å². The van der Waals surface area contributed by atoms with E-state index >= 15 is 0 Å². The Bertz CT molecular complexity index is 227. The van der Waals surface area contributed by atoms with Crippen LogP contribution in [0.3, 0.4) is 0 Å². The Morgan fingerprint density at radius 3 is 2.62 bits per heavy atom. The smallest absolute Gasteiger partial charge is 0.162 e. The molecule has 0 aromatic carbocycles. The molecule has 2 rings (SSSR count). The first kappa shape index (κ1) is 8.62. The molecule has 1 aliphatic heterocycles. The Morgan fingerprint density at radius 2 is 1.92 bits per heavy atom. The molecular formula is C8H15N5. The number of aromatic nitrogens is 4. The molecule has 0 radical (unpaired) electrons. The van der Waals surface area contributed by atoms with Crippen LogP contribution in [0.4, 0.5) is 0 Å². The van der Waals surface area contributed by atoms with E-state index in [9.17, 15) is 0 Å². The van der Waals surface area contributed by atoms with E-state index in [0.717, 1.165) is 13.1 Å². The number of rotatable bonds is 3. The maximum atomic E-state index is 3.97. The number of likely N-dealkylation sites (tertiary alicyclic amines) is 1. The van der Waals surface area contributed by atoms with Crippen LogP contribution in [0, 0.1) is 0 Å². The van der Waals surface area contributed by atoms with Gasteiger partial charge in [-0.25, -0.2) is 0 Å². The third-order valence-corrected chi connectivity index (χ3v) is 2.46. The van der Waals surface area contributed by atoms with Crippen LogP contribution in [0.15, 0.2) is 6.33 Å². The van der Waals surface area contributed by atoms with E-state index in [1.54, 1.807) is 4.80 Å². The molecule has 72 valence electrons. The van der Waals surface area contributed by atoms with Gasteiger partial charge in [0.25, 0.3) is 0 Å². The van der Waals surface area contributed by atoms with Crippen molar-refractivity contribution in [1.82, 2.24) is 25.1 Å². The molecule has 0 bridgehead atoms. The average Bonchev–Trinajstić information content (AvgIpc) is 2.69. The van der Waals surface area contributed by atoms with Gasteiger partial charge in [-0.1, -0.05) is 6.42 Å². The van der Waals surface area contributed by atoms with Crippen LogP contribution in [0.1, 0.15) is 19.3 Å². The van der Waals surface area contributed by atoms with Crippen LogP contribution in [-0.2, 0) is 6.54 Å². The molecule has 0 amide bonds. The predicted molar refractivity (Wildman–Crippen MR) is 48.1 cm³/mol. The van der Waals surface area contributed by atoms with Crippen LogP contribution in [0.5, 0.6) is 0 Å². The average molecular weight is 181 g/mol. The maximum absolute atomic E-state index is 3.97. The third-order valence-electron chi connectivity index (χ3n) is 2.46. The number of nitrogens with zero attached hydrogens (tertiary/aromatic N) is 5. The summed E-state index contributed by atoms with van der Waals surface area (Å²) in [6, 6.07) is 0. The maximum Gasteiger partial charge on any atom is 0.162 e. The van der Waals surface area contributed by atoms with Gasteiger partial charge < -0.3 is 4.90 Å². The first-order valence-corrected chi connectivity index (χ1v) is 4.88. The molecule has 5 heteroatoms. The largest absolute Gasteiger partial charge is 0.301 e. The number of hydrogen-bond donors (Lipinski definition) is 0. The second-order valence-corrected chi connectivity index (χ2v) is 3.43. The first-order valence-electron chi connectivity index (χ1n) is 4.88. The van der Waals surface area contributed by atoms with E-state index in [1.807, 2.05) is 0 Å². The predicted octanol–water partition coefficient (Wildman–Crippen LogP) is 0.159. The second-order valence-electron chi connectivity index (χ2n) is 3.43. The van der Waals surface area contributed by atoms with Crippen LogP contribution in [-0.4, -0.2) is 44.7 Å². The molecule has 0 aliphatic carbocycles. The summed E-state index contributed by atoms with van der Waals surface area (Å²) in [6.45, 7) is 4.37. The molecule has 5 nitrogen and oxygen atoms in total. The molecule has 0 unspecified atom stereocenters. The van der Waals surface area contributed by atoms with E-state index in [1.165, 1.54) is 38.7 Å². The normalized spacial score (nSPS) is 19.1. The molecule has 1 saturated heterocycles. The molecule has 0 spiro atoms. The van der Waals surface area contributed by atoms with Gasteiger partial charge in [0.2, 0.25) is 0 Å². The van der Waals surface area contributed by atoms with Gasteiger partial charge in [-0.2, -0.15) is 4.80 Å². The van der Waals surface area contributed by atoms with Crippen molar-refractivity contribution in [2.45, 2.75) is 25.8 Å². The fourth-order valence-electron chi connectivity index (χ4n) is 1.70. The van der Waals surface area contributed by atoms with Gasteiger partial charge in [0, 0.05) is 6.54 Å². The van der Waals surface area contributed by atoms with Crippen LogP contribution < -0.4 is 0 Å². The summed E-state index contributed by atoms with van der Waals surface area (Å²) in [5.74, 6) is 0. The summed E-state index contributed by atoms with van der Waals surface area (Å²) in [6.07, 6.45) is 5.55. The zero-order chi connectivity index (χ0) is 8.93. The molecule has 0 N–H and O–H groups in total. The minimum absolute atomic E-state index is 0.861. The summed E-state index contributed by atoms with van der Waals surface area (Å²) in [4.78, 5) is 4.11. The SMILES string of the molecule is c1nnn(CCN2CCCCC2)n1. The van der Waals surface area contributed by atoms with Crippen molar-refractivity contribution < 1.29 is 0 Å². The lowest BCUT2D eigenvalue weighted by Crippen LogP contribution is -2.32. The molecule has 1 fully saturated rings. The lowest BCUT2D eigenvalue weighted by Gasteiger charge is -2.25. The van der Waals surface area contributed by atoms with E-state index in [2.05, 4.69) is 20.3 Å². The molecule has 0 atom stereocenters. The van der Waals surface area contributed by atoms with Crippen molar-refractivity contribution in [3.63, 3.8) is 0 Å². The van der Waals surface area contributed by atoms with Crippen molar-refractivity contribution in [2.75, 3.05) is 19.6 Å². The van der Waals surface area contributed by atoms with Gasteiger partial charge in [0.15, 0.2) is 6.33 Å². The van der Waals surface area contributed by atoms with Crippen molar-refractivity contribution in [3.05, 3.63) is 6.33 Å². The van der Waals surface area contributed by atoms with E-state index < -0.39 is 0 Å². The fraction of sp³-hybridized carbons (Fsp3) is 0.875. The topological polar surface area (TPSA) is 46.8 Å². The van der Waals surface area contributed by atoms with Crippen LogP contribution >= 0.6 is 0 Å². The van der Waals surface area contributed by atoms with E-state index in [-0.39, 0.29) is 0 Å². The lowest BCUT2D eigenvalue weighted by molar-refractivity contribution is 0.213. The fourth-order valence-corrected chi connectivity index (χ4v) is 1.70. The molecule has 0 saturated carbocycles. The van der Waals surface area contributed by atoms with Crippen molar-refractivity contribution in [1.29, 1.82) is 0 Å². The monoisotopic (exact) mass is 181 g/mol. The lowest BCUT2D eigenvalue weighted by atomic mass is 10.1. The zero-order valence-electron chi connectivity index (χ0n) is 7.76. The Kier molecular flexibility index (Phi) is 2.86. The zero-order valence-corrected chi connectivity index (χ0v) is 7.76. The minimum Gasteiger partial charge on any atom is -0.301 e. The van der Waals surface area contributed by atoms with E-state index in [0.29, 0.717) is 0 Å². The number of hydrogen-bond acceptors (Lipinski definition) is 4. The van der Waals surface area contributed by atoms with Gasteiger partial charge in [0.1, 0.15) is 0 Å². The quantitative estimate of drug-likeness (QED) is 0.666. The highest BCUT2D eigenvalue weighted by Crippen LogP contribution is 2.07. The highest BCUT2D eigenvalue weighted by atomic mass is 15.6. The van der Waals surface area contributed by atoms with Crippen molar-refractivity contribution >= 4 is 0 Å². The van der Waals surface area contributed by atoms with Gasteiger partial charge >= 0.3 is 0 Å². The van der Waals surface area contributed by atoms with Crippen LogP contribution in [0.25, 0.3) is 0 Å². The van der Waals surface area contributed by atoms with Crippen molar-refractivity contribution in [2.24, 2.45) is 0 Å². The summed E-state index contributed by atoms with van der Waals surface area (Å²) in [7, 11) is 0. The summed E-state index contributed by atoms with van der Waals surface area (Å²) < 4.78 is 0. The number of piperidine rings is 1. The Morgan fingerprint density at radius 1 is 1.08 bits per heavy atom. The summed E-state index contributed by atoms with van der Waals surface area (Å²) in [5.41, 5.74) is 0. The molecule has 1 aliphatic rings. The van der Waals surface area contributed by atoms with Crippen molar-refractivity contribution in [3.8, 4) is 0 Å². The first-order chi connectivity index (χ1) is 6.45. The minimum atomic E-state index is 0.861. The standard InChI is InChI=1S/C8H15N5/c1-2-4-12(5-3-1)6-7-13-10-8-9-11-13/h8H,1-7H2. The molecule has 1 aromatic heterocycles. The molecule has 1 aromatic rings. The summed E-state index contributed by atoms with van der Waals surface area (Å²) >= 11 is 0. The third kappa shape index (κ3) is 2.48. The van der Waals surface area contributed by atoms with Gasteiger partial charge in [-0.05, 0) is 31.1 Å². The summed E-state index contributed by atoms with van der Waals surface area (Å²) in [5, 5.41) is 11.5. The van der Waals surface area contributed by atoms with Gasteiger partial charge in [-0.15, -0.1) is 10.2 Å². The Labute approximate surface area is 77.7 Å². The highest BCUT2D eigenvalue weighted by molar-refractivity contribution is 4.63. The highest BCUT2D eigenvalue weighted by Gasteiger charge is 2.09. The Hall–Kier alpha value is -0.970. The van der Waals surface area contributed by atoms with E-state index in [4.69, 9.17) is 0 Å². The van der Waals surface area contributed by atoms with Crippen LogP contribution in [0.2, 0.25) is 0 Å². The molecule has 2 heterocycles. The second kappa shape index (κ2) is 4.32. The Balaban J connectivity index is 1.72. The number of tetrazole rings is 1. The van der Waals surface area contributed by atoms with Gasteiger partial charge in [-0.3, -0.25) is 0 Å². The molecule has 13 heavy (non-hydrogen) atoms.